The van der Waals surface area contributed by atoms with Crippen molar-refractivity contribution in [3.8, 4) is 17.2 Å². The number of hydrogen-bond donors (Lipinski definition) is 2. The lowest BCUT2D eigenvalue weighted by atomic mass is 10.1. The van der Waals surface area contributed by atoms with Crippen molar-refractivity contribution >= 4 is 11.9 Å². The average Bonchev–Trinajstić information content (AvgIpc) is 2.69. The van der Waals surface area contributed by atoms with Crippen molar-refractivity contribution in [1.29, 1.82) is 0 Å². The predicted octanol–water partition coefficient (Wildman–Crippen LogP) is 2.66. The van der Waals surface area contributed by atoms with E-state index >= 15 is 0 Å². The fraction of sp³-hybridized carbons (Fsp3) is 0.300. The molecular weight excluding hydrogens is 350 g/mol. The Hall–Kier alpha value is -3.22. The average molecular weight is 373 g/mol. The Bertz CT molecular complexity index is 818. The van der Waals surface area contributed by atoms with Crippen molar-refractivity contribution in [2.45, 2.75) is 19.4 Å². The van der Waals surface area contributed by atoms with Crippen molar-refractivity contribution in [1.82, 2.24) is 5.32 Å². The molecule has 0 atom stereocenters. The number of benzene rings is 2. The monoisotopic (exact) mass is 373 g/mol. The van der Waals surface area contributed by atoms with Crippen molar-refractivity contribution in [2.24, 2.45) is 0 Å². The van der Waals surface area contributed by atoms with Gasteiger partial charge in [0.05, 0.1) is 21.3 Å². The highest BCUT2D eigenvalue weighted by molar-refractivity contribution is 5.91. The van der Waals surface area contributed by atoms with Gasteiger partial charge in [0.15, 0.2) is 11.5 Å². The Kier molecular flexibility index (Phi) is 7.05. The van der Waals surface area contributed by atoms with Crippen LogP contribution in [-0.4, -0.2) is 38.3 Å². The molecule has 0 aliphatic heterocycles. The quantitative estimate of drug-likeness (QED) is 0.702. The smallest absolute Gasteiger partial charge is 0.339 e. The summed E-state index contributed by atoms with van der Waals surface area (Å²) < 4.78 is 15.6. The highest BCUT2D eigenvalue weighted by Gasteiger charge is 2.13. The number of para-hydroxylation sites is 1. The summed E-state index contributed by atoms with van der Waals surface area (Å²) >= 11 is 0. The highest BCUT2D eigenvalue weighted by Crippen LogP contribution is 2.31. The molecule has 0 aliphatic rings. The molecule has 27 heavy (non-hydrogen) atoms. The van der Waals surface area contributed by atoms with Gasteiger partial charge in [-0.3, -0.25) is 4.79 Å². The lowest BCUT2D eigenvalue weighted by Gasteiger charge is -2.12. The van der Waals surface area contributed by atoms with Crippen LogP contribution < -0.4 is 19.5 Å². The van der Waals surface area contributed by atoms with E-state index in [1.807, 2.05) is 12.1 Å². The molecule has 0 bridgehead atoms. The number of aromatic carboxylic acids is 1. The Labute approximate surface area is 157 Å². The third kappa shape index (κ3) is 5.13. The fourth-order valence-electron chi connectivity index (χ4n) is 2.72. The second-order valence-corrected chi connectivity index (χ2v) is 5.77. The van der Waals surface area contributed by atoms with E-state index in [0.29, 0.717) is 23.5 Å². The van der Waals surface area contributed by atoms with E-state index in [0.717, 1.165) is 5.56 Å². The second-order valence-electron chi connectivity index (χ2n) is 5.77. The predicted molar refractivity (Wildman–Crippen MR) is 99.7 cm³/mol. The van der Waals surface area contributed by atoms with E-state index in [2.05, 4.69) is 5.32 Å². The molecule has 2 aromatic carbocycles. The number of carboxylic acid groups (broad SMARTS) is 1. The summed E-state index contributed by atoms with van der Waals surface area (Å²) in [5.41, 5.74) is 1.62. The maximum Gasteiger partial charge on any atom is 0.339 e. The minimum atomic E-state index is -1.08. The molecule has 2 aromatic rings. The molecular formula is C20H23NO6. The number of amides is 1. The van der Waals surface area contributed by atoms with Gasteiger partial charge < -0.3 is 24.6 Å². The number of nitrogens with one attached hydrogen (secondary N) is 1. The summed E-state index contributed by atoms with van der Waals surface area (Å²) in [6.45, 7) is 0.234. The van der Waals surface area contributed by atoms with Crippen LogP contribution in [0.5, 0.6) is 17.2 Å². The first-order valence-corrected chi connectivity index (χ1v) is 8.37. The zero-order valence-corrected chi connectivity index (χ0v) is 15.6. The molecule has 0 unspecified atom stereocenters. The Balaban J connectivity index is 1.96. The van der Waals surface area contributed by atoms with Crippen LogP contribution in [0, 0.1) is 0 Å². The molecule has 0 saturated carbocycles. The summed E-state index contributed by atoms with van der Waals surface area (Å²) in [7, 11) is 4.54. The van der Waals surface area contributed by atoms with Crippen LogP contribution in [0.1, 0.15) is 27.9 Å². The number of methoxy groups -OCH3 is 3. The summed E-state index contributed by atoms with van der Waals surface area (Å²) in [6, 6.07) is 10.3. The van der Waals surface area contributed by atoms with Gasteiger partial charge in [0.2, 0.25) is 5.91 Å². The number of ether oxygens (including phenoxy) is 3. The number of carbonyl (C=O) groups excluding carboxylic acids is 1. The van der Waals surface area contributed by atoms with E-state index in [-0.39, 0.29) is 30.2 Å². The number of aryl methyl sites for hydroxylation is 1. The SMILES string of the molecule is COc1ccc(CNC(=O)CCc2cccc(OC)c2OC)cc1C(=O)O. The van der Waals surface area contributed by atoms with E-state index in [1.54, 1.807) is 32.4 Å². The van der Waals surface area contributed by atoms with Gasteiger partial charge in [-0.15, -0.1) is 0 Å². The minimum Gasteiger partial charge on any atom is -0.496 e. The largest absolute Gasteiger partial charge is 0.496 e. The molecule has 0 radical (unpaired) electrons. The van der Waals surface area contributed by atoms with Crippen LogP contribution in [0.2, 0.25) is 0 Å². The molecule has 0 saturated heterocycles. The van der Waals surface area contributed by atoms with Crippen LogP contribution in [0.3, 0.4) is 0 Å². The summed E-state index contributed by atoms with van der Waals surface area (Å²) in [5, 5.41) is 12.0. The van der Waals surface area contributed by atoms with E-state index < -0.39 is 5.97 Å². The van der Waals surface area contributed by atoms with Crippen LogP contribution in [0.4, 0.5) is 0 Å². The normalized spacial score (nSPS) is 10.2. The molecule has 1 amide bonds. The molecule has 2 rings (SSSR count). The van der Waals surface area contributed by atoms with Gasteiger partial charge >= 0.3 is 5.97 Å². The number of carboxylic acids is 1. The molecule has 0 spiro atoms. The van der Waals surface area contributed by atoms with E-state index in [4.69, 9.17) is 14.2 Å². The number of hydrogen-bond acceptors (Lipinski definition) is 5. The van der Waals surface area contributed by atoms with Gasteiger partial charge in [-0.2, -0.15) is 0 Å². The molecule has 144 valence electrons. The molecule has 0 aromatic heterocycles. The van der Waals surface area contributed by atoms with Gasteiger partial charge in [0.25, 0.3) is 0 Å². The lowest BCUT2D eigenvalue weighted by molar-refractivity contribution is -0.121. The van der Waals surface area contributed by atoms with Gasteiger partial charge in [-0.05, 0) is 35.7 Å². The maximum atomic E-state index is 12.2. The van der Waals surface area contributed by atoms with Crippen molar-refractivity contribution in [3.63, 3.8) is 0 Å². The summed E-state index contributed by atoms with van der Waals surface area (Å²) in [6.07, 6.45) is 0.765. The van der Waals surface area contributed by atoms with Crippen molar-refractivity contribution < 1.29 is 28.9 Å². The van der Waals surface area contributed by atoms with Crippen molar-refractivity contribution in [2.75, 3.05) is 21.3 Å². The molecule has 7 nitrogen and oxygen atoms in total. The third-order valence-corrected chi connectivity index (χ3v) is 4.09. The first-order valence-electron chi connectivity index (χ1n) is 8.37. The van der Waals surface area contributed by atoms with Crippen LogP contribution in [0.15, 0.2) is 36.4 Å². The van der Waals surface area contributed by atoms with E-state index in [9.17, 15) is 14.7 Å². The standard InChI is InChI=1S/C20H23NO6/c1-25-16-9-7-13(11-15(16)20(23)24)12-21-18(22)10-8-14-5-4-6-17(26-2)19(14)27-3/h4-7,9,11H,8,10,12H2,1-3H3,(H,21,22)(H,23,24). The minimum absolute atomic E-state index is 0.0605. The van der Waals surface area contributed by atoms with Crippen LogP contribution in [0.25, 0.3) is 0 Å². The topological polar surface area (TPSA) is 94.1 Å². The van der Waals surface area contributed by atoms with Gasteiger partial charge in [-0.1, -0.05) is 18.2 Å². The first-order chi connectivity index (χ1) is 13.0. The third-order valence-electron chi connectivity index (χ3n) is 4.09. The highest BCUT2D eigenvalue weighted by atomic mass is 16.5. The number of carbonyl (C=O) groups is 2. The van der Waals surface area contributed by atoms with Gasteiger partial charge in [-0.25, -0.2) is 4.79 Å². The summed E-state index contributed by atoms with van der Waals surface area (Å²) in [5.74, 6) is 0.296. The van der Waals surface area contributed by atoms with Gasteiger partial charge in [0.1, 0.15) is 11.3 Å². The molecule has 0 heterocycles. The maximum absolute atomic E-state index is 12.2. The van der Waals surface area contributed by atoms with Crippen molar-refractivity contribution in [3.05, 3.63) is 53.1 Å². The fourth-order valence-corrected chi connectivity index (χ4v) is 2.72. The second kappa shape index (κ2) is 9.47. The molecule has 0 aliphatic carbocycles. The number of rotatable bonds is 9. The van der Waals surface area contributed by atoms with Crippen LogP contribution >= 0.6 is 0 Å². The summed E-state index contributed by atoms with van der Waals surface area (Å²) in [4.78, 5) is 23.4. The van der Waals surface area contributed by atoms with E-state index in [1.165, 1.54) is 13.2 Å². The Morgan fingerprint density at radius 1 is 1.00 bits per heavy atom. The Morgan fingerprint density at radius 2 is 1.74 bits per heavy atom. The zero-order valence-electron chi connectivity index (χ0n) is 15.6. The Morgan fingerprint density at radius 3 is 2.37 bits per heavy atom. The lowest BCUT2D eigenvalue weighted by Crippen LogP contribution is -2.23. The molecule has 0 fully saturated rings. The zero-order chi connectivity index (χ0) is 19.8. The van der Waals surface area contributed by atoms with Crippen LogP contribution in [-0.2, 0) is 17.8 Å². The first kappa shape index (κ1) is 20.1. The molecule has 2 N–H and O–H groups in total. The molecule has 7 heteroatoms. The van der Waals surface area contributed by atoms with Gasteiger partial charge in [0, 0.05) is 13.0 Å².